The molecule has 3 aromatic carbocycles. The summed E-state index contributed by atoms with van der Waals surface area (Å²) >= 11 is 3.48. The summed E-state index contributed by atoms with van der Waals surface area (Å²) in [5, 5.41) is 0. The Morgan fingerprint density at radius 3 is 2.06 bits per heavy atom. The number of benzene rings is 3. The van der Waals surface area contributed by atoms with E-state index in [2.05, 4.69) is 101 Å². The molecule has 4 heteroatoms. The molecule has 1 saturated carbocycles. The maximum atomic E-state index is 6.24. The van der Waals surface area contributed by atoms with E-state index < -0.39 is 5.79 Å². The molecule has 5 rings (SSSR count). The molecule has 32 heavy (non-hydrogen) atoms. The molecule has 2 aliphatic rings. The molecular formula is C28H27BrO3. The third-order valence-corrected chi connectivity index (χ3v) is 7.18. The lowest BCUT2D eigenvalue weighted by atomic mass is 9.81. The monoisotopic (exact) mass is 490 g/mol. The number of halogens is 1. The summed E-state index contributed by atoms with van der Waals surface area (Å²) in [6.45, 7) is 4.72. The van der Waals surface area contributed by atoms with Crippen LogP contribution in [0.3, 0.4) is 0 Å². The first-order chi connectivity index (χ1) is 15.6. The van der Waals surface area contributed by atoms with Gasteiger partial charge in [-0.15, -0.1) is 0 Å². The molecule has 1 atom stereocenters. The lowest BCUT2D eigenvalue weighted by Gasteiger charge is -2.43. The van der Waals surface area contributed by atoms with E-state index >= 15 is 0 Å². The average Bonchev–Trinajstić information content (AvgIpc) is 2.86. The highest BCUT2D eigenvalue weighted by atomic mass is 79.9. The zero-order valence-electron chi connectivity index (χ0n) is 18.0. The van der Waals surface area contributed by atoms with Crippen molar-refractivity contribution in [2.45, 2.75) is 43.5 Å². The van der Waals surface area contributed by atoms with Crippen LogP contribution in [0, 0.1) is 0 Å². The van der Waals surface area contributed by atoms with Gasteiger partial charge in [0.15, 0.2) is 0 Å². The molecule has 0 amide bonds. The van der Waals surface area contributed by atoms with Gasteiger partial charge in [0.05, 0.1) is 6.61 Å². The van der Waals surface area contributed by atoms with Gasteiger partial charge in [-0.2, -0.15) is 0 Å². The van der Waals surface area contributed by atoms with Crippen molar-refractivity contribution in [2.75, 3.05) is 6.61 Å². The highest BCUT2D eigenvalue weighted by molar-refractivity contribution is 9.10. The van der Waals surface area contributed by atoms with Crippen LogP contribution in [-0.4, -0.2) is 18.5 Å². The van der Waals surface area contributed by atoms with Crippen molar-refractivity contribution in [3.8, 4) is 11.1 Å². The van der Waals surface area contributed by atoms with E-state index in [1.54, 1.807) is 0 Å². The number of ether oxygens (including phenoxy) is 1. The van der Waals surface area contributed by atoms with E-state index in [0.717, 1.165) is 41.3 Å². The van der Waals surface area contributed by atoms with Crippen LogP contribution < -0.4 is 0 Å². The summed E-state index contributed by atoms with van der Waals surface area (Å²) in [6.07, 6.45) is 3.46. The van der Waals surface area contributed by atoms with Gasteiger partial charge in [0.1, 0.15) is 6.10 Å². The molecule has 164 valence electrons. The molecule has 1 spiro atoms. The number of hydrogen-bond donors (Lipinski definition) is 0. The van der Waals surface area contributed by atoms with Crippen LogP contribution >= 0.6 is 15.9 Å². The van der Waals surface area contributed by atoms with E-state index in [0.29, 0.717) is 12.5 Å². The zero-order chi connectivity index (χ0) is 22.0. The second-order valence-corrected chi connectivity index (χ2v) is 9.60. The van der Waals surface area contributed by atoms with Gasteiger partial charge in [-0.05, 0) is 58.7 Å². The smallest absolute Gasteiger partial charge is 0.201 e. The van der Waals surface area contributed by atoms with Gasteiger partial charge in [-0.1, -0.05) is 89.2 Å². The topological polar surface area (TPSA) is 27.7 Å². The molecule has 1 heterocycles. The molecule has 1 aliphatic heterocycles. The largest absolute Gasteiger partial charge is 0.344 e. The van der Waals surface area contributed by atoms with Crippen LogP contribution in [0.5, 0.6) is 0 Å². The van der Waals surface area contributed by atoms with Crippen LogP contribution in [0.15, 0.2) is 89.9 Å². The molecule has 0 bridgehead atoms. The van der Waals surface area contributed by atoms with Gasteiger partial charge in [0.25, 0.3) is 0 Å². The highest BCUT2D eigenvalue weighted by Gasteiger charge is 2.43. The van der Waals surface area contributed by atoms with E-state index in [1.165, 1.54) is 16.7 Å². The van der Waals surface area contributed by atoms with Crippen LogP contribution in [0.2, 0.25) is 0 Å². The van der Waals surface area contributed by atoms with Crippen molar-refractivity contribution in [2.24, 2.45) is 0 Å². The molecule has 1 saturated heterocycles. The first-order valence-electron chi connectivity index (χ1n) is 11.2. The third kappa shape index (κ3) is 4.60. The Morgan fingerprint density at radius 1 is 0.844 bits per heavy atom. The van der Waals surface area contributed by atoms with E-state index in [-0.39, 0.29) is 6.10 Å². The van der Waals surface area contributed by atoms with Gasteiger partial charge in [-0.3, -0.25) is 0 Å². The fourth-order valence-corrected chi connectivity index (χ4v) is 4.90. The fraction of sp³-hybridized carbons (Fsp3) is 0.286. The zero-order valence-corrected chi connectivity index (χ0v) is 19.6. The predicted octanol–water partition coefficient (Wildman–Crippen LogP) is 7.53. The summed E-state index contributed by atoms with van der Waals surface area (Å²) in [5.74, 6) is -0.0565. The number of rotatable bonds is 4. The summed E-state index contributed by atoms with van der Waals surface area (Å²) < 4.78 is 7.31. The van der Waals surface area contributed by atoms with Crippen molar-refractivity contribution in [3.63, 3.8) is 0 Å². The first-order valence-corrected chi connectivity index (χ1v) is 12.0. The maximum absolute atomic E-state index is 6.24. The fourth-order valence-electron chi connectivity index (χ4n) is 4.63. The lowest BCUT2D eigenvalue weighted by Crippen LogP contribution is -2.47. The maximum Gasteiger partial charge on any atom is 0.201 e. The highest BCUT2D eigenvalue weighted by Crippen LogP contribution is 2.43. The minimum atomic E-state index is -0.618. The van der Waals surface area contributed by atoms with Crippen molar-refractivity contribution < 1.29 is 14.5 Å². The van der Waals surface area contributed by atoms with Gasteiger partial charge < -0.3 is 4.74 Å². The minimum absolute atomic E-state index is 0.300. The standard InChI is InChI=1S/C28H27BrO3/c1-20(21-7-9-23(10-8-21)24-11-13-26(29)14-12-24)27-19-30-28(32-31-27)17-15-25(16-18-28)22-5-3-2-4-6-22/h2-14,25,27H,1,15-19H2. The molecule has 3 nitrogen and oxygen atoms in total. The van der Waals surface area contributed by atoms with E-state index in [4.69, 9.17) is 14.5 Å². The summed E-state index contributed by atoms with van der Waals surface area (Å²) in [7, 11) is 0. The normalized spacial score (nSPS) is 25.5. The van der Waals surface area contributed by atoms with Gasteiger partial charge in [0.2, 0.25) is 5.79 Å². The molecule has 0 radical (unpaired) electrons. The molecule has 0 N–H and O–H groups in total. The van der Waals surface area contributed by atoms with E-state index in [9.17, 15) is 0 Å². The van der Waals surface area contributed by atoms with Gasteiger partial charge in [-0.25, -0.2) is 9.78 Å². The summed E-state index contributed by atoms with van der Waals surface area (Å²) in [6, 6.07) is 27.4. The summed E-state index contributed by atoms with van der Waals surface area (Å²) in [5.41, 5.74) is 5.66. The van der Waals surface area contributed by atoms with Crippen molar-refractivity contribution >= 4 is 21.5 Å². The Hall–Kier alpha value is -2.24. The van der Waals surface area contributed by atoms with Crippen LogP contribution in [0.4, 0.5) is 0 Å². The van der Waals surface area contributed by atoms with Gasteiger partial charge >= 0.3 is 0 Å². The molecule has 0 aromatic heterocycles. The second-order valence-electron chi connectivity index (χ2n) is 8.68. The quantitative estimate of drug-likeness (QED) is 0.353. The third-order valence-electron chi connectivity index (χ3n) is 6.65. The predicted molar refractivity (Wildman–Crippen MR) is 131 cm³/mol. The molecule has 1 aliphatic carbocycles. The van der Waals surface area contributed by atoms with Crippen molar-refractivity contribution in [1.29, 1.82) is 0 Å². The Labute approximate surface area is 198 Å². The van der Waals surface area contributed by atoms with Gasteiger partial charge in [0, 0.05) is 17.3 Å². The van der Waals surface area contributed by atoms with Crippen molar-refractivity contribution in [1.82, 2.24) is 0 Å². The summed E-state index contributed by atoms with van der Waals surface area (Å²) in [4.78, 5) is 11.7. The Balaban J connectivity index is 1.17. The van der Waals surface area contributed by atoms with Crippen LogP contribution in [-0.2, 0) is 14.5 Å². The number of hydrogen-bond acceptors (Lipinski definition) is 3. The Bertz CT molecular complexity index is 1040. The Morgan fingerprint density at radius 2 is 1.47 bits per heavy atom. The first kappa shape index (κ1) is 21.6. The molecule has 3 aromatic rings. The minimum Gasteiger partial charge on any atom is -0.344 e. The molecular weight excluding hydrogens is 464 g/mol. The molecule has 1 unspecified atom stereocenters. The van der Waals surface area contributed by atoms with Crippen LogP contribution in [0.25, 0.3) is 16.7 Å². The second kappa shape index (κ2) is 9.32. The van der Waals surface area contributed by atoms with E-state index in [1.807, 2.05) is 0 Å². The molecule has 2 fully saturated rings. The average molecular weight is 491 g/mol. The lowest BCUT2D eigenvalue weighted by molar-refractivity contribution is -0.483. The SMILES string of the molecule is C=C(c1ccc(-c2ccc(Br)cc2)cc1)C1COC2(CCC(c3ccccc3)CC2)OO1. The van der Waals surface area contributed by atoms with Crippen molar-refractivity contribution in [3.05, 3.63) is 101 Å². The van der Waals surface area contributed by atoms with Crippen LogP contribution in [0.1, 0.15) is 42.7 Å². The Kier molecular flexibility index (Phi) is 6.29.